The number of nitrogens with zero attached hydrogens (tertiary/aromatic N) is 1. The van der Waals surface area contributed by atoms with Gasteiger partial charge >= 0.3 is 0 Å². The Morgan fingerprint density at radius 1 is 1.47 bits per heavy atom. The van der Waals surface area contributed by atoms with E-state index in [-0.39, 0.29) is 11.7 Å². The van der Waals surface area contributed by atoms with Crippen molar-refractivity contribution in [3.05, 3.63) is 29.8 Å². The van der Waals surface area contributed by atoms with Crippen LogP contribution in [0.1, 0.15) is 25.8 Å². The molecule has 5 heteroatoms. The lowest BCUT2D eigenvalue weighted by atomic mass is 10.2. The van der Waals surface area contributed by atoms with Crippen molar-refractivity contribution in [2.75, 3.05) is 16.8 Å². The van der Waals surface area contributed by atoms with Crippen molar-refractivity contribution >= 4 is 22.4 Å². The Labute approximate surface area is 116 Å². The normalized spacial score (nSPS) is 11.9. The molecule has 0 aromatic heterocycles. The fourth-order valence-corrected chi connectivity index (χ4v) is 2.69. The molecule has 0 bridgehead atoms. The maximum atomic E-state index is 11.7. The zero-order chi connectivity index (χ0) is 14.3. The number of hydrogen-bond donors (Lipinski definition) is 1. The van der Waals surface area contributed by atoms with E-state index in [2.05, 4.69) is 19.2 Å². The first-order chi connectivity index (χ1) is 9.01. The molecule has 0 heterocycles. The van der Waals surface area contributed by atoms with Crippen LogP contribution in [-0.4, -0.2) is 21.6 Å². The van der Waals surface area contributed by atoms with Crippen molar-refractivity contribution in [3.63, 3.8) is 0 Å². The van der Waals surface area contributed by atoms with Gasteiger partial charge in [0.1, 0.15) is 5.75 Å². The summed E-state index contributed by atoms with van der Waals surface area (Å²) in [7, 11) is -1.13. The quantitative estimate of drug-likeness (QED) is 0.868. The Kier molecular flexibility index (Phi) is 6.23. The van der Waals surface area contributed by atoms with Crippen LogP contribution in [0.5, 0.6) is 0 Å². The van der Waals surface area contributed by atoms with Crippen LogP contribution < -0.4 is 5.32 Å². The highest BCUT2D eigenvalue weighted by Gasteiger charge is 2.09. The summed E-state index contributed by atoms with van der Waals surface area (Å²) in [6.45, 7) is 4.12. The third-order valence-corrected chi connectivity index (χ3v) is 3.77. The molecule has 0 spiro atoms. The van der Waals surface area contributed by atoms with Crippen molar-refractivity contribution in [1.29, 1.82) is 5.26 Å². The van der Waals surface area contributed by atoms with Gasteiger partial charge < -0.3 is 5.32 Å². The van der Waals surface area contributed by atoms with Gasteiger partial charge in [-0.05, 0) is 30.5 Å². The molecule has 0 radical (unpaired) electrons. The highest BCUT2D eigenvalue weighted by molar-refractivity contribution is 7.85. The minimum atomic E-state index is -1.13. The van der Waals surface area contributed by atoms with E-state index in [1.54, 1.807) is 24.3 Å². The maximum Gasteiger partial charge on any atom is 0.236 e. The summed E-state index contributed by atoms with van der Waals surface area (Å²) in [5.74, 6) is 0.754. The molecule has 1 atom stereocenters. The molecule has 1 rings (SSSR count). The number of amides is 1. The van der Waals surface area contributed by atoms with Gasteiger partial charge in [-0.2, -0.15) is 5.26 Å². The van der Waals surface area contributed by atoms with Crippen LogP contribution in [0.3, 0.4) is 0 Å². The van der Waals surface area contributed by atoms with Gasteiger partial charge in [0.2, 0.25) is 5.91 Å². The van der Waals surface area contributed by atoms with Crippen molar-refractivity contribution in [2.45, 2.75) is 20.3 Å². The number of anilines is 1. The van der Waals surface area contributed by atoms with Gasteiger partial charge in [-0.3, -0.25) is 9.00 Å². The number of rotatable bonds is 6. The third kappa shape index (κ3) is 6.16. The summed E-state index contributed by atoms with van der Waals surface area (Å²) in [5.41, 5.74) is 1.05. The predicted molar refractivity (Wildman–Crippen MR) is 77.1 cm³/mol. The predicted octanol–water partition coefficient (Wildman–Crippen LogP) is 2.29. The molecular formula is C14H18N2O2S. The first-order valence-corrected chi connectivity index (χ1v) is 7.65. The van der Waals surface area contributed by atoms with Crippen LogP contribution in [-0.2, 0) is 15.6 Å². The number of carbonyl (C=O) groups excluding carboxylic acids is 1. The maximum absolute atomic E-state index is 11.7. The molecule has 1 amide bonds. The topological polar surface area (TPSA) is 70.0 Å². The summed E-state index contributed by atoms with van der Waals surface area (Å²) in [6.07, 6.45) is 0.851. The van der Waals surface area contributed by atoms with E-state index in [0.29, 0.717) is 22.9 Å². The number of nitrogens with one attached hydrogen (secondary N) is 1. The molecule has 1 N–H and O–H groups in total. The lowest BCUT2D eigenvalue weighted by Crippen LogP contribution is -2.21. The Morgan fingerprint density at radius 2 is 2.21 bits per heavy atom. The molecule has 0 fully saturated rings. The molecule has 0 saturated carbocycles. The second-order valence-electron chi connectivity index (χ2n) is 4.71. The van der Waals surface area contributed by atoms with Gasteiger partial charge in [0, 0.05) is 22.2 Å². The molecule has 4 nitrogen and oxygen atoms in total. The lowest BCUT2D eigenvalue weighted by molar-refractivity contribution is -0.113. The van der Waals surface area contributed by atoms with Crippen LogP contribution in [0, 0.1) is 17.2 Å². The fraction of sp³-hybridized carbons (Fsp3) is 0.429. The SMILES string of the molecule is CC(C)CCS(=O)CC(=O)Nc1cccc(C#N)c1. The Hall–Kier alpha value is -1.67. The number of carbonyl (C=O) groups is 1. The van der Waals surface area contributed by atoms with Gasteiger partial charge in [-0.15, -0.1) is 0 Å². The highest BCUT2D eigenvalue weighted by atomic mass is 32.2. The van der Waals surface area contributed by atoms with E-state index in [0.717, 1.165) is 6.42 Å². The summed E-state index contributed by atoms with van der Waals surface area (Å²) in [5, 5.41) is 11.4. The molecule has 0 saturated heterocycles. The van der Waals surface area contributed by atoms with Crippen molar-refractivity contribution in [1.82, 2.24) is 0 Å². The van der Waals surface area contributed by atoms with E-state index in [4.69, 9.17) is 5.26 Å². The van der Waals surface area contributed by atoms with Gasteiger partial charge in [-0.25, -0.2) is 0 Å². The second-order valence-corrected chi connectivity index (χ2v) is 6.29. The first kappa shape index (κ1) is 15.4. The van der Waals surface area contributed by atoms with E-state index in [1.807, 2.05) is 6.07 Å². The van der Waals surface area contributed by atoms with E-state index >= 15 is 0 Å². The fourth-order valence-electron chi connectivity index (χ4n) is 1.45. The average molecular weight is 278 g/mol. The Bertz CT molecular complexity index is 506. The third-order valence-electron chi connectivity index (χ3n) is 2.49. The van der Waals surface area contributed by atoms with Gasteiger partial charge in [-0.1, -0.05) is 19.9 Å². The van der Waals surface area contributed by atoms with Crippen LogP contribution in [0.25, 0.3) is 0 Å². The first-order valence-electron chi connectivity index (χ1n) is 6.16. The summed E-state index contributed by atoms with van der Waals surface area (Å²) < 4.78 is 11.7. The zero-order valence-corrected chi connectivity index (χ0v) is 12.0. The second kappa shape index (κ2) is 7.70. The number of nitriles is 1. The van der Waals surface area contributed by atoms with Crippen LogP contribution in [0.4, 0.5) is 5.69 Å². The smallest absolute Gasteiger partial charge is 0.236 e. The van der Waals surface area contributed by atoms with Crippen LogP contribution in [0.2, 0.25) is 0 Å². The standard InChI is InChI=1S/C14H18N2O2S/c1-11(2)6-7-19(18)10-14(17)16-13-5-3-4-12(8-13)9-15/h3-5,8,11H,6-7,10H2,1-2H3,(H,16,17). The largest absolute Gasteiger partial charge is 0.325 e. The molecular weight excluding hydrogens is 260 g/mol. The van der Waals surface area contributed by atoms with E-state index < -0.39 is 10.8 Å². The van der Waals surface area contributed by atoms with Crippen LogP contribution in [0.15, 0.2) is 24.3 Å². The lowest BCUT2D eigenvalue weighted by Gasteiger charge is -2.06. The minimum absolute atomic E-state index is 0.00347. The zero-order valence-electron chi connectivity index (χ0n) is 11.2. The molecule has 1 aromatic carbocycles. The van der Waals surface area contributed by atoms with E-state index in [9.17, 15) is 9.00 Å². The molecule has 0 aliphatic heterocycles. The Balaban J connectivity index is 2.47. The van der Waals surface area contributed by atoms with Gasteiger partial charge in [0.25, 0.3) is 0 Å². The summed E-state index contributed by atoms with van der Waals surface area (Å²) >= 11 is 0. The average Bonchev–Trinajstić information content (AvgIpc) is 2.36. The van der Waals surface area contributed by atoms with Crippen molar-refractivity contribution < 1.29 is 9.00 Å². The van der Waals surface area contributed by atoms with Crippen LogP contribution >= 0.6 is 0 Å². The van der Waals surface area contributed by atoms with E-state index in [1.165, 1.54) is 0 Å². The number of hydrogen-bond acceptors (Lipinski definition) is 3. The molecule has 19 heavy (non-hydrogen) atoms. The molecule has 102 valence electrons. The molecule has 1 aromatic rings. The van der Waals surface area contributed by atoms with Gasteiger partial charge in [0.15, 0.2) is 0 Å². The highest BCUT2D eigenvalue weighted by Crippen LogP contribution is 2.09. The van der Waals surface area contributed by atoms with Gasteiger partial charge in [0.05, 0.1) is 11.6 Å². The monoisotopic (exact) mass is 278 g/mol. The van der Waals surface area contributed by atoms with Crippen molar-refractivity contribution in [3.8, 4) is 6.07 Å². The minimum Gasteiger partial charge on any atom is -0.325 e. The Morgan fingerprint density at radius 3 is 2.84 bits per heavy atom. The molecule has 1 unspecified atom stereocenters. The summed E-state index contributed by atoms with van der Waals surface area (Å²) in [6, 6.07) is 8.66. The van der Waals surface area contributed by atoms with Crippen molar-refractivity contribution in [2.24, 2.45) is 5.92 Å². The number of benzene rings is 1. The summed E-state index contributed by atoms with van der Waals surface area (Å²) in [4.78, 5) is 11.7. The molecule has 0 aliphatic carbocycles. The molecule has 0 aliphatic rings.